The van der Waals surface area contributed by atoms with E-state index in [-0.39, 0.29) is 16.5 Å². The van der Waals surface area contributed by atoms with Crippen LogP contribution in [0, 0.1) is 16.7 Å². The fourth-order valence-corrected chi connectivity index (χ4v) is 5.87. The van der Waals surface area contributed by atoms with E-state index in [1.807, 2.05) is 12.1 Å². The smallest absolute Gasteiger partial charge is 0.341 e. The van der Waals surface area contributed by atoms with Crippen LogP contribution in [0.4, 0.5) is 5.00 Å². The molecule has 2 N–H and O–H groups in total. The zero-order chi connectivity index (χ0) is 23.2. The average Bonchev–Trinajstić information content (AvgIpc) is 3.09. The number of anilines is 1. The van der Waals surface area contributed by atoms with E-state index in [0.717, 1.165) is 34.2 Å². The van der Waals surface area contributed by atoms with E-state index in [2.05, 4.69) is 42.0 Å². The molecule has 1 unspecified atom stereocenters. The summed E-state index contributed by atoms with van der Waals surface area (Å²) in [5.41, 5.74) is 1.95. The van der Waals surface area contributed by atoms with Crippen molar-refractivity contribution in [2.24, 2.45) is 11.3 Å². The Kier molecular flexibility index (Phi) is 6.02. The van der Waals surface area contributed by atoms with Crippen molar-refractivity contribution in [1.82, 2.24) is 0 Å². The second kappa shape index (κ2) is 8.48. The van der Waals surface area contributed by atoms with Crippen molar-refractivity contribution in [2.75, 3.05) is 12.4 Å². The van der Waals surface area contributed by atoms with Crippen LogP contribution in [-0.2, 0) is 17.6 Å². The van der Waals surface area contributed by atoms with Crippen molar-refractivity contribution in [3.8, 4) is 0 Å². The molecule has 0 fully saturated rings. The lowest BCUT2D eigenvalue weighted by Gasteiger charge is -2.33. The summed E-state index contributed by atoms with van der Waals surface area (Å²) in [5, 5.41) is 12.2. The van der Waals surface area contributed by atoms with E-state index in [0.29, 0.717) is 27.5 Å². The van der Waals surface area contributed by atoms with Crippen LogP contribution in [0.15, 0.2) is 33.2 Å². The van der Waals surface area contributed by atoms with Gasteiger partial charge in [0.25, 0.3) is 5.91 Å². The lowest BCUT2D eigenvalue weighted by molar-refractivity contribution is 0.0600. The van der Waals surface area contributed by atoms with E-state index in [1.165, 1.54) is 18.4 Å². The maximum Gasteiger partial charge on any atom is 0.341 e. The molecule has 0 bridgehead atoms. The number of methoxy groups -OCH3 is 1. The predicted octanol–water partition coefficient (Wildman–Crippen LogP) is 5.93. The van der Waals surface area contributed by atoms with E-state index >= 15 is 0 Å². The lowest BCUT2D eigenvalue weighted by atomic mass is 9.72. The van der Waals surface area contributed by atoms with Gasteiger partial charge < -0.3 is 14.5 Å². The number of benzene rings is 1. The Hall–Kier alpha value is -2.45. The Morgan fingerprint density at radius 1 is 1.28 bits per heavy atom. The fraction of sp³-hybridized carbons (Fsp3) is 0.375. The highest BCUT2D eigenvalue weighted by atomic mass is 79.9. The molecule has 1 aliphatic rings. The Bertz CT molecular complexity index is 1290. The molecule has 0 aliphatic heterocycles. The molecule has 32 heavy (non-hydrogen) atoms. The van der Waals surface area contributed by atoms with Gasteiger partial charge in [0.05, 0.1) is 12.7 Å². The van der Waals surface area contributed by atoms with Crippen molar-refractivity contribution in [3.05, 3.63) is 55.9 Å². The Morgan fingerprint density at radius 2 is 2.03 bits per heavy atom. The summed E-state index contributed by atoms with van der Waals surface area (Å²) in [4.78, 5) is 26.8. The third-order valence-corrected chi connectivity index (χ3v) is 7.74. The predicted molar refractivity (Wildman–Crippen MR) is 128 cm³/mol. The number of hydrogen-bond donors (Lipinski definition) is 2. The molecule has 1 aromatic carbocycles. The molecule has 1 atom stereocenters. The minimum absolute atomic E-state index is 0.102. The molecule has 2 aromatic heterocycles. The number of amides is 1. The molecule has 1 amide bonds. The van der Waals surface area contributed by atoms with Gasteiger partial charge in [-0.1, -0.05) is 36.7 Å². The zero-order valence-corrected chi connectivity index (χ0v) is 20.8. The van der Waals surface area contributed by atoms with Gasteiger partial charge in [-0.3, -0.25) is 10.2 Å². The monoisotopic (exact) mass is 516 g/mol. The number of fused-ring (bicyclic) bond motifs is 2. The zero-order valence-electron chi connectivity index (χ0n) is 18.4. The van der Waals surface area contributed by atoms with Gasteiger partial charge in [-0.2, -0.15) is 0 Å². The van der Waals surface area contributed by atoms with Gasteiger partial charge in [-0.05, 0) is 60.4 Å². The molecule has 0 spiro atoms. The van der Waals surface area contributed by atoms with Crippen LogP contribution in [0.5, 0.6) is 0 Å². The Morgan fingerprint density at radius 3 is 2.72 bits per heavy atom. The van der Waals surface area contributed by atoms with Gasteiger partial charge in [0.15, 0.2) is 0 Å². The number of esters is 1. The minimum Gasteiger partial charge on any atom is -0.465 e. The largest absolute Gasteiger partial charge is 0.465 e. The third kappa shape index (κ3) is 4.26. The van der Waals surface area contributed by atoms with Crippen molar-refractivity contribution in [2.45, 2.75) is 40.0 Å². The second-order valence-corrected chi connectivity index (χ2v) is 11.2. The number of hydrogen-bond acceptors (Lipinski definition) is 6. The average molecular weight is 517 g/mol. The Balaban J connectivity index is 1.71. The summed E-state index contributed by atoms with van der Waals surface area (Å²) in [5.74, 6) is -0.442. The maximum absolute atomic E-state index is 13.1. The highest BCUT2D eigenvalue weighted by molar-refractivity contribution is 9.10. The fourth-order valence-electron chi connectivity index (χ4n) is 4.18. The normalized spacial score (nSPS) is 16.0. The summed E-state index contributed by atoms with van der Waals surface area (Å²) in [6, 6.07) is 7.01. The number of nitrogens with one attached hydrogen (secondary N) is 2. The molecule has 0 saturated carbocycles. The summed E-state index contributed by atoms with van der Waals surface area (Å²) in [6.07, 6.45) is 2.63. The maximum atomic E-state index is 13.1. The lowest BCUT2D eigenvalue weighted by Crippen LogP contribution is -2.26. The molecular weight excluding hydrogens is 492 g/mol. The van der Waals surface area contributed by atoms with Gasteiger partial charge in [0.2, 0.25) is 5.55 Å². The highest BCUT2D eigenvalue weighted by Gasteiger charge is 2.34. The Labute approximate surface area is 198 Å². The van der Waals surface area contributed by atoms with Crippen molar-refractivity contribution in [3.63, 3.8) is 0 Å². The van der Waals surface area contributed by atoms with Gasteiger partial charge in [0.1, 0.15) is 16.1 Å². The van der Waals surface area contributed by atoms with Gasteiger partial charge in [-0.15, -0.1) is 11.3 Å². The molecule has 1 aliphatic carbocycles. The van der Waals surface area contributed by atoms with Crippen molar-refractivity contribution in [1.29, 1.82) is 5.41 Å². The summed E-state index contributed by atoms with van der Waals surface area (Å²) < 4.78 is 11.4. The number of halogens is 1. The van der Waals surface area contributed by atoms with Gasteiger partial charge >= 0.3 is 5.97 Å². The second-order valence-electron chi connectivity index (χ2n) is 9.13. The minimum atomic E-state index is -0.489. The number of ether oxygens (including phenoxy) is 1. The number of rotatable bonds is 3. The molecule has 2 heterocycles. The number of carbonyl (C=O) groups excluding carboxylic acids is 2. The molecule has 0 radical (unpaired) electrons. The van der Waals surface area contributed by atoms with Crippen LogP contribution < -0.4 is 10.9 Å². The highest BCUT2D eigenvalue weighted by Crippen LogP contribution is 2.44. The molecule has 6 nitrogen and oxygen atoms in total. The number of carbonyl (C=O) groups is 2. The topological polar surface area (TPSA) is 92.4 Å². The quantitative estimate of drug-likeness (QED) is 0.422. The molecule has 3 aromatic rings. The van der Waals surface area contributed by atoms with Gasteiger partial charge in [-0.25, -0.2) is 4.79 Å². The first-order chi connectivity index (χ1) is 15.1. The van der Waals surface area contributed by atoms with Crippen molar-refractivity contribution < 1.29 is 18.7 Å². The SMILES string of the molecule is COC(=O)c1c(NC(=O)c2cc3cc(Br)ccc3oc2=N)sc2c1CCC(C(C)(C)C)C2. The third-order valence-electron chi connectivity index (χ3n) is 6.08. The van der Waals surface area contributed by atoms with Crippen LogP contribution >= 0.6 is 27.3 Å². The molecule has 4 rings (SSSR count). The molecule has 168 valence electrons. The van der Waals surface area contributed by atoms with E-state index < -0.39 is 11.9 Å². The van der Waals surface area contributed by atoms with Crippen LogP contribution in [0.2, 0.25) is 0 Å². The standard InChI is InChI=1S/C24H25BrN2O4S/c1-24(2,3)13-5-7-15-18(11-13)32-22(19(15)23(29)30-4)27-21(28)16-10-12-9-14(25)6-8-17(12)31-20(16)26/h6,8-10,13,26H,5,7,11H2,1-4H3,(H,27,28). The van der Waals surface area contributed by atoms with E-state index in [4.69, 9.17) is 14.6 Å². The first-order valence-corrected chi connectivity index (χ1v) is 12.0. The van der Waals surface area contributed by atoms with E-state index in [9.17, 15) is 9.59 Å². The molecular formula is C24H25BrN2O4S. The van der Waals surface area contributed by atoms with Crippen LogP contribution in [0.3, 0.4) is 0 Å². The van der Waals surface area contributed by atoms with Gasteiger partial charge in [0, 0.05) is 14.7 Å². The van der Waals surface area contributed by atoms with Crippen LogP contribution in [0.1, 0.15) is 58.3 Å². The summed E-state index contributed by atoms with van der Waals surface area (Å²) in [7, 11) is 1.35. The van der Waals surface area contributed by atoms with Crippen LogP contribution in [-0.4, -0.2) is 19.0 Å². The summed E-state index contributed by atoms with van der Waals surface area (Å²) in [6.45, 7) is 6.70. The first-order valence-electron chi connectivity index (χ1n) is 10.4. The molecule has 0 saturated heterocycles. The van der Waals surface area contributed by atoms with Crippen LogP contribution in [0.25, 0.3) is 11.0 Å². The van der Waals surface area contributed by atoms with Crippen molar-refractivity contribution >= 4 is 55.1 Å². The summed E-state index contributed by atoms with van der Waals surface area (Å²) >= 11 is 4.84. The number of thiophene rings is 1. The first kappa shape index (κ1) is 22.7. The molecule has 8 heteroatoms. The van der Waals surface area contributed by atoms with E-state index in [1.54, 1.807) is 12.1 Å².